The molecule has 0 aliphatic carbocycles. The predicted molar refractivity (Wildman–Crippen MR) is 72.4 cm³/mol. The second kappa shape index (κ2) is 5.16. The van der Waals surface area contributed by atoms with E-state index in [1.165, 1.54) is 11.8 Å². The first kappa shape index (κ1) is 11.9. The molecule has 2 aromatic heterocycles. The topological polar surface area (TPSA) is 51.8 Å². The lowest BCUT2D eigenvalue weighted by Gasteiger charge is -2.03. The molecule has 0 saturated heterocycles. The average molecular weight is 361 g/mol. The Bertz CT molecular complexity index is 502. The summed E-state index contributed by atoms with van der Waals surface area (Å²) in [5.74, 6) is 0. The summed E-state index contributed by atoms with van der Waals surface area (Å²) in [6.45, 7) is 0. The number of halogens is 2. The van der Waals surface area contributed by atoms with Crippen LogP contribution in [0.1, 0.15) is 0 Å². The van der Waals surface area contributed by atoms with E-state index in [1.807, 2.05) is 18.2 Å². The van der Waals surface area contributed by atoms with Crippen LogP contribution in [0.4, 0.5) is 5.69 Å². The van der Waals surface area contributed by atoms with Gasteiger partial charge in [-0.3, -0.25) is 0 Å². The van der Waals surface area contributed by atoms with Gasteiger partial charge >= 0.3 is 0 Å². The summed E-state index contributed by atoms with van der Waals surface area (Å²) >= 11 is 8.25. The van der Waals surface area contributed by atoms with Crippen molar-refractivity contribution in [1.82, 2.24) is 9.97 Å². The fraction of sp³-hybridized carbons (Fsp3) is 0. The first-order valence-corrected chi connectivity index (χ1v) is 6.76. The van der Waals surface area contributed by atoms with Crippen LogP contribution < -0.4 is 5.73 Å². The monoisotopic (exact) mass is 359 g/mol. The van der Waals surface area contributed by atoms with Gasteiger partial charge in [0.05, 0.1) is 16.4 Å². The third kappa shape index (κ3) is 2.96. The van der Waals surface area contributed by atoms with Gasteiger partial charge in [-0.1, -0.05) is 0 Å². The van der Waals surface area contributed by atoms with E-state index in [9.17, 15) is 0 Å². The molecule has 0 aliphatic rings. The van der Waals surface area contributed by atoms with Crippen molar-refractivity contribution >= 4 is 49.3 Å². The van der Waals surface area contributed by atoms with Gasteiger partial charge in [0.25, 0.3) is 0 Å². The van der Waals surface area contributed by atoms with E-state index < -0.39 is 0 Å². The Kier molecular flexibility index (Phi) is 3.83. The Morgan fingerprint density at radius 2 is 1.94 bits per heavy atom. The first-order valence-electron chi connectivity index (χ1n) is 4.35. The van der Waals surface area contributed by atoms with Crippen LogP contribution in [0, 0.1) is 0 Å². The van der Waals surface area contributed by atoms with Crippen molar-refractivity contribution < 1.29 is 0 Å². The molecule has 0 atom stereocenters. The van der Waals surface area contributed by atoms with Crippen molar-refractivity contribution in [2.75, 3.05) is 5.73 Å². The SMILES string of the molecule is Nc1cnc(Sc2ccc(Br)cn2)c(Br)c1. The number of hydrogen-bond acceptors (Lipinski definition) is 4. The van der Waals surface area contributed by atoms with Crippen molar-refractivity contribution in [3.8, 4) is 0 Å². The van der Waals surface area contributed by atoms with Crippen molar-refractivity contribution in [2.45, 2.75) is 10.1 Å². The Morgan fingerprint density at radius 1 is 1.12 bits per heavy atom. The quantitative estimate of drug-likeness (QED) is 0.886. The van der Waals surface area contributed by atoms with Gasteiger partial charge in [-0.05, 0) is 61.8 Å². The minimum atomic E-state index is 0.639. The number of aromatic nitrogens is 2. The summed E-state index contributed by atoms with van der Waals surface area (Å²) < 4.78 is 1.84. The number of anilines is 1. The molecule has 0 aliphatic heterocycles. The van der Waals surface area contributed by atoms with Gasteiger partial charge in [0, 0.05) is 10.7 Å². The summed E-state index contributed by atoms with van der Waals surface area (Å²) in [5.41, 5.74) is 6.26. The van der Waals surface area contributed by atoms with E-state index in [0.717, 1.165) is 19.0 Å². The highest BCUT2D eigenvalue weighted by atomic mass is 79.9. The fourth-order valence-electron chi connectivity index (χ4n) is 1.04. The molecular formula is C10H7Br2N3S. The van der Waals surface area contributed by atoms with Gasteiger partial charge < -0.3 is 5.73 Å². The highest BCUT2D eigenvalue weighted by Crippen LogP contribution is 2.31. The summed E-state index contributed by atoms with van der Waals surface area (Å²) in [7, 11) is 0. The third-order valence-corrected chi connectivity index (χ3v) is 4.04. The number of rotatable bonds is 2. The summed E-state index contributed by atoms with van der Waals surface area (Å²) in [6, 6.07) is 5.70. The lowest BCUT2D eigenvalue weighted by Crippen LogP contribution is -1.89. The smallest absolute Gasteiger partial charge is 0.117 e. The molecule has 0 saturated carbocycles. The molecule has 3 nitrogen and oxygen atoms in total. The van der Waals surface area contributed by atoms with Gasteiger partial charge in [0.1, 0.15) is 10.1 Å². The van der Waals surface area contributed by atoms with Gasteiger partial charge in [-0.15, -0.1) is 0 Å². The normalized spacial score (nSPS) is 10.4. The molecular weight excluding hydrogens is 354 g/mol. The average Bonchev–Trinajstić information content (AvgIpc) is 2.25. The third-order valence-electron chi connectivity index (χ3n) is 1.73. The van der Waals surface area contributed by atoms with Crippen molar-refractivity contribution in [3.63, 3.8) is 0 Å². The Balaban J connectivity index is 2.23. The molecule has 82 valence electrons. The largest absolute Gasteiger partial charge is 0.397 e. The molecule has 0 amide bonds. The number of hydrogen-bond donors (Lipinski definition) is 1. The molecule has 0 fully saturated rings. The molecule has 0 aromatic carbocycles. The molecule has 2 heterocycles. The minimum absolute atomic E-state index is 0.639. The Morgan fingerprint density at radius 3 is 2.56 bits per heavy atom. The van der Waals surface area contributed by atoms with Crippen LogP contribution >= 0.6 is 43.6 Å². The van der Waals surface area contributed by atoms with Crippen LogP contribution in [-0.2, 0) is 0 Å². The molecule has 0 bridgehead atoms. The molecule has 6 heteroatoms. The molecule has 16 heavy (non-hydrogen) atoms. The molecule has 2 aromatic rings. The van der Waals surface area contributed by atoms with E-state index in [0.29, 0.717) is 5.69 Å². The van der Waals surface area contributed by atoms with Crippen molar-refractivity contribution in [1.29, 1.82) is 0 Å². The Labute approximate surface area is 114 Å². The summed E-state index contributed by atoms with van der Waals surface area (Å²) in [6.07, 6.45) is 3.39. The van der Waals surface area contributed by atoms with E-state index in [4.69, 9.17) is 5.73 Å². The number of nitrogens with zero attached hydrogens (tertiary/aromatic N) is 2. The molecule has 2 rings (SSSR count). The van der Waals surface area contributed by atoms with Gasteiger partial charge in [-0.2, -0.15) is 0 Å². The second-order valence-corrected chi connectivity index (χ2v) is 5.75. The van der Waals surface area contributed by atoms with Crippen LogP contribution in [0.2, 0.25) is 0 Å². The predicted octanol–water partition coefficient (Wildman–Crippen LogP) is 3.74. The van der Waals surface area contributed by atoms with Crippen molar-refractivity contribution in [2.24, 2.45) is 0 Å². The van der Waals surface area contributed by atoms with Crippen LogP contribution in [0.15, 0.2) is 49.6 Å². The lowest BCUT2D eigenvalue weighted by molar-refractivity contribution is 1.08. The highest BCUT2D eigenvalue weighted by molar-refractivity contribution is 9.10. The maximum Gasteiger partial charge on any atom is 0.117 e. The van der Waals surface area contributed by atoms with Gasteiger partial charge in [-0.25, -0.2) is 9.97 Å². The van der Waals surface area contributed by atoms with E-state index in [1.54, 1.807) is 12.4 Å². The lowest BCUT2D eigenvalue weighted by atomic mass is 10.4. The highest BCUT2D eigenvalue weighted by Gasteiger charge is 2.05. The van der Waals surface area contributed by atoms with Crippen molar-refractivity contribution in [3.05, 3.63) is 39.5 Å². The number of pyridine rings is 2. The van der Waals surface area contributed by atoms with Gasteiger partial charge in [0.2, 0.25) is 0 Å². The second-order valence-electron chi connectivity index (χ2n) is 2.97. The van der Waals surface area contributed by atoms with Gasteiger partial charge in [0.15, 0.2) is 0 Å². The zero-order chi connectivity index (χ0) is 11.5. The standard InChI is InChI=1S/C10H7Br2N3S/c11-6-1-2-9(14-4-6)16-10-8(12)3-7(13)5-15-10/h1-5H,13H2. The maximum atomic E-state index is 5.62. The van der Waals surface area contributed by atoms with E-state index >= 15 is 0 Å². The molecule has 0 unspecified atom stereocenters. The van der Waals surface area contributed by atoms with Crippen LogP contribution in [-0.4, -0.2) is 9.97 Å². The molecule has 0 spiro atoms. The Hall–Kier alpha value is -0.590. The van der Waals surface area contributed by atoms with E-state index in [-0.39, 0.29) is 0 Å². The van der Waals surface area contributed by atoms with Crippen LogP contribution in [0.3, 0.4) is 0 Å². The van der Waals surface area contributed by atoms with Crippen LogP contribution in [0.25, 0.3) is 0 Å². The number of nitrogen functional groups attached to an aromatic ring is 1. The molecule has 2 N–H and O–H groups in total. The molecule has 0 radical (unpaired) electrons. The van der Waals surface area contributed by atoms with Crippen LogP contribution in [0.5, 0.6) is 0 Å². The maximum absolute atomic E-state index is 5.62. The first-order chi connectivity index (χ1) is 7.65. The zero-order valence-corrected chi connectivity index (χ0v) is 12.0. The fourth-order valence-corrected chi connectivity index (χ4v) is 2.58. The zero-order valence-electron chi connectivity index (χ0n) is 8.02. The summed E-state index contributed by atoms with van der Waals surface area (Å²) in [5, 5.41) is 1.74. The van der Waals surface area contributed by atoms with E-state index in [2.05, 4.69) is 41.8 Å². The summed E-state index contributed by atoms with van der Waals surface area (Å²) in [4.78, 5) is 8.50. The number of nitrogens with two attached hydrogens (primary N) is 1. The minimum Gasteiger partial charge on any atom is -0.397 e.